The lowest BCUT2D eigenvalue weighted by molar-refractivity contribution is -0.118. The number of amides is 1. The van der Waals surface area contributed by atoms with Crippen LogP contribution in [0.2, 0.25) is 5.02 Å². The van der Waals surface area contributed by atoms with Crippen LogP contribution in [0.3, 0.4) is 0 Å². The number of fused-ring (bicyclic) bond motifs is 1. The molecular weight excluding hydrogens is 404 g/mol. The zero-order chi connectivity index (χ0) is 21.1. The molecule has 0 saturated carbocycles. The van der Waals surface area contributed by atoms with Gasteiger partial charge in [-0.25, -0.2) is 0 Å². The molecule has 2 aliphatic heterocycles. The summed E-state index contributed by atoms with van der Waals surface area (Å²) in [6.07, 6.45) is 2.73. The van der Waals surface area contributed by atoms with Crippen LogP contribution >= 0.6 is 11.6 Å². The molecule has 1 unspecified atom stereocenters. The minimum absolute atomic E-state index is 0.0400. The molecule has 30 heavy (non-hydrogen) atoms. The maximum atomic E-state index is 12.8. The molecule has 0 aromatic heterocycles. The van der Waals surface area contributed by atoms with Crippen molar-refractivity contribution in [1.29, 1.82) is 0 Å². The number of carbonyl (C=O) groups excluding carboxylic acids is 1. The van der Waals surface area contributed by atoms with E-state index in [2.05, 4.69) is 10.2 Å². The van der Waals surface area contributed by atoms with Crippen LogP contribution in [0, 0.1) is 0 Å². The fourth-order valence-corrected chi connectivity index (χ4v) is 4.03. The van der Waals surface area contributed by atoms with Crippen LogP contribution in [0.15, 0.2) is 42.0 Å². The molecule has 0 aliphatic carbocycles. The van der Waals surface area contributed by atoms with Gasteiger partial charge in [-0.15, -0.1) is 0 Å². The number of halogens is 1. The molecule has 0 radical (unpaired) electrons. The second-order valence-corrected chi connectivity index (χ2v) is 7.72. The van der Waals surface area contributed by atoms with E-state index in [0.29, 0.717) is 35.2 Å². The molecule has 1 fully saturated rings. The van der Waals surface area contributed by atoms with Crippen LogP contribution in [-0.2, 0) is 4.79 Å². The summed E-state index contributed by atoms with van der Waals surface area (Å²) < 4.78 is 16.9. The molecule has 1 amide bonds. The summed E-state index contributed by atoms with van der Waals surface area (Å²) in [6.45, 7) is 4.23. The van der Waals surface area contributed by atoms with E-state index >= 15 is 0 Å². The lowest BCUT2D eigenvalue weighted by atomic mass is 10.1. The minimum Gasteiger partial charge on any atom is -0.495 e. The Labute approximate surface area is 181 Å². The number of anilines is 1. The van der Waals surface area contributed by atoms with Gasteiger partial charge < -0.3 is 24.4 Å². The first-order chi connectivity index (χ1) is 14.6. The highest BCUT2D eigenvalue weighted by molar-refractivity contribution is 6.31. The summed E-state index contributed by atoms with van der Waals surface area (Å²) in [5, 5.41) is 3.80. The van der Waals surface area contributed by atoms with E-state index in [1.54, 1.807) is 7.11 Å². The van der Waals surface area contributed by atoms with Crippen molar-refractivity contribution in [2.24, 2.45) is 0 Å². The van der Waals surface area contributed by atoms with Gasteiger partial charge in [-0.05, 0) is 43.7 Å². The van der Waals surface area contributed by atoms with Gasteiger partial charge in [0.1, 0.15) is 12.4 Å². The summed E-state index contributed by atoms with van der Waals surface area (Å²) in [5.41, 5.74) is 2.41. The summed E-state index contributed by atoms with van der Waals surface area (Å²) in [7, 11) is 1.65. The smallest absolute Gasteiger partial charge is 0.250 e. The predicted octanol–water partition coefficient (Wildman–Crippen LogP) is 3.92. The molecule has 1 N–H and O–H groups in total. The van der Waals surface area contributed by atoms with E-state index in [1.807, 2.05) is 49.4 Å². The Hall–Kier alpha value is -2.86. The van der Waals surface area contributed by atoms with Gasteiger partial charge >= 0.3 is 0 Å². The first-order valence-corrected chi connectivity index (χ1v) is 10.5. The third-order valence-corrected chi connectivity index (χ3v) is 5.54. The Bertz CT molecular complexity index is 976. The number of benzene rings is 2. The van der Waals surface area contributed by atoms with Crippen LogP contribution < -0.4 is 24.4 Å². The van der Waals surface area contributed by atoms with Crippen molar-refractivity contribution in [3.63, 3.8) is 0 Å². The monoisotopic (exact) mass is 428 g/mol. The molecule has 2 heterocycles. The first kappa shape index (κ1) is 20.4. The maximum absolute atomic E-state index is 12.8. The highest BCUT2D eigenvalue weighted by Gasteiger charge is 2.28. The largest absolute Gasteiger partial charge is 0.495 e. The molecule has 0 spiro atoms. The summed E-state index contributed by atoms with van der Waals surface area (Å²) in [6, 6.07) is 11.3. The minimum atomic E-state index is -0.104. The van der Waals surface area contributed by atoms with Gasteiger partial charge in [0.2, 0.25) is 0 Å². The number of nitrogens with one attached hydrogen (secondary N) is 1. The zero-order valence-electron chi connectivity index (χ0n) is 17.1. The number of ether oxygens (including phenoxy) is 3. The van der Waals surface area contributed by atoms with Crippen molar-refractivity contribution in [3.05, 3.63) is 52.6 Å². The van der Waals surface area contributed by atoms with E-state index in [0.717, 1.165) is 30.0 Å². The number of nitrogens with zero attached hydrogens (tertiary/aromatic N) is 1. The predicted molar refractivity (Wildman–Crippen MR) is 118 cm³/mol. The van der Waals surface area contributed by atoms with Gasteiger partial charge in [0, 0.05) is 29.7 Å². The van der Waals surface area contributed by atoms with Crippen LogP contribution in [0.5, 0.6) is 17.2 Å². The Balaban J connectivity index is 1.43. The number of methoxy groups -OCH3 is 1. The van der Waals surface area contributed by atoms with Gasteiger partial charge in [-0.3, -0.25) is 4.79 Å². The Morgan fingerprint density at radius 1 is 1.30 bits per heavy atom. The molecule has 7 heteroatoms. The Morgan fingerprint density at radius 2 is 2.17 bits per heavy atom. The topological polar surface area (TPSA) is 60.0 Å². The second kappa shape index (κ2) is 8.88. The summed E-state index contributed by atoms with van der Waals surface area (Å²) in [5.74, 6) is 2.06. The van der Waals surface area contributed by atoms with E-state index < -0.39 is 0 Å². The fraction of sp³-hybridized carbons (Fsp3) is 0.348. The van der Waals surface area contributed by atoms with Crippen molar-refractivity contribution in [2.75, 3.05) is 38.3 Å². The van der Waals surface area contributed by atoms with E-state index in [-0.39, 0.29) is 18.6 Å². The number of rotatable bonds is 6. The Morgan fingerprint density at radius 3 is 2.97 bits per heavy atom. The van der Waals surface area contributed by atoms with Crippen LogP contribution in [-0.4, -0.2) is 45.4 Å². The molecule has 2 aromatic rings. The van der Waals surface area contributed by atoms with Crippen molar-refractivity contribution in [2.45, 2.75) is 19.4 Å². The molecule has 1 saturated heterocycles. The molecular formula is C23H25ClN2O4. The standard InChI is InChI=1S/C23H25ClN2O4/c1-3-29-21-6-4-5-15-11-16(14-30-22(15)21)23(27)25-18-9-10-26(13-18)19-12-17(24)7-8-20(19)28-2/h4-8,11-12,18H,3,9-10,13-14H2,1-2H3,(H,25,27). The van der Waals surface area contributed by atoms with Crippen molar-refractivity contribution in [3.8, 4) is 17.2 Å². The third kappa shape index (κ3) is 4.19. The van der Waals surface area contributed by atoms with Crippen molar-refractivity contribution >= 4 is 29.3 Å². The van der Waals surface area contributed by atoms with E-state index in [9.17, 15) is 4.79 Å². The van der Waals surface area contributed by atoms with Crippen LogP contribution in [0.25, 0.3) is 6.08 Å². The van der Waals surface area contributed by atoms with Gasteiger partial charge in [-0.2, -0.15) is 0 Å². The quantitative estimate of drug-likeness (QED) is 0.755. The maximum Gasteiger partial charge on any atom is 0.250 e. The van der Waals surface area contributed by atoms with Gasteiger partial charge in [0.05, 0.1) is 25.0 Å². The molecule has 0 bridgehead atoms. The van der Waals surface area contributed by atoms with Crippen LogP contribution in [0.4, 0.5) is 5.69 Å². The van der Waals surface area contributed by atoms with E-state index in [4.69, 9.17) is 25.8 Å². The summed E-state index contributed by atoms with van der Waals surface area (Å²) >= 11 is 6.16. The molecule has 2 aliphatic rings. The zero-order valence-corrected chi connectivity index (χ0v) is 17.9. The van der Waals surface area contributed by atoms with E-state index in [1.165, 1.54) is 0 Å². The lowest BCUT2D eigenvalue weighted by Gasteiger charge is -2.23. The second-order valence-electron chi connectivity index (χ2n) is 7.29. The van der Waals surface area contributed by atoms with Gasteiger partial charge in [-0.1, -0.05) is 23.7 Å². The average molecular weight is 429 g/mol. The van der Waals surface area contributed by atoms with Gasteiger partial charge in [0.15, 0.2) is 11.5 Å². The van der Waals surface area contributed by atoms with Crippen molar-refractivity contribution in [1.82, 2.24) is 5.32 Å². The highest BCUT2D eigenvalue weighted by Crippen LogP contribution is 2.36. The Kier molecular flexibility index (Phi) is 6.04. The molecule has 4 rings (SSSR count). The number of carbonyl (C=O) groups is 1. The third-order valence-electron chi connectivity index (χ3n) is 5.31. The lowest BCUT2D eigenvalue weighted by Crippen LogP contribution is -2.39. The first-order valence-electron chi connectivity index (χ1n) is 10.1. The normalized spacial score (nSPS) is 17.6. The SMILES string of the molecule is CCOc1cccc2c1OCC(C(=O)NC1CCN(c3cc(Cl)ccc3OC)C1)=C2. The fourth-order valence-electron chi connectivity index (χ4n) is 3.87. The highest BCUT2D eigenvalue weighted by atomic mass is 35.5. The van der Waals surface area contributed by atoms with Gasteiger partial charge in [0.25, 0.3) is 5.91 Å². The van der Waals surface area contributed by atoms with Crippen molar-refractivity contribution < 1.29 is 19.0 Å². The molecule has 1 atom stereocenters. The number of hydrogen-bond donors (Lipinski definition) is 1. The molecule has 6 nitrogen and oxygen atoms in total. The average Bonchev–Trinajstić information content (AvgIpc) is 3.22. The number of para-hydroxylation sites is 1. The molecule has 158 valence electrons. The summed E-state index contributed by atoms with van der Waals surface area (Å²) in [4.78, 5) is 15.0. The molecule has 2 aromatic carbocycles. The number of hydrogen-bond acceptors (Lipinski definition) is 5. The van der Waals surface area contributed by atoms with Crippen LogP contribution in [0.1, 0.15) is 18.9 Å².